The standard InChI is InChI=1S/C37H21N3O/c1-3-11-23(12-4-1)35-38-36(24-13-5-2-6-14-24)40-37(39-35)29-21-20-27-26-19-18-22-10-7-8-15-25(22)31(26)28-16-9-17-30-32(28)33(27)34(29)41-30/h1-21H. The molecule has 2 heterocycles. The Morgan fingerprint density at radius 2 is 1.00 bits per heavy atom. The Kier molecular flexibility index (Phi) is 4.58. The molecule has 4 heteroatoms. The fraction of sp³-hybridized carbons (Fsp3) is 0. The first-order valence-corrected chi connectivity index (χ1v) is 13.7. The van der Waals surface area contributed by atoms with Gasteiger partial charge in [0.15, 0.2) is 17.5 Å². The van der Waals surface area contributed by atoms with Gasteiger partial charge in [0.05, 0.1) is 5.56 Å². The molecule has 0 fully saturated rings. The van der Waals surface area contributed by atoms with Crippen LogP contribution in [0, 0.1) is 0 Å². The Morgan fingerprint density at radius 3 is 1.76 bits per heavy atom. The fourth-order valence-electron chi connectivity index (χ4n) is 6.24. The third-order valence-corrected chi connectivity index (χ3v) is 8.07. The zero-order valence-corrected chi connectivity index (χ0v) is 21.9. The van der Waals surface area contributed by atoms with Crippen LogP contribution in [-0.4, -0.2) is 15.0 Å². The van der Waals surface area contributed by atoms with E-state index in [4.69, 9.17) is 19.4 Å². The molecule has 190 valence electrons. The van der Waals surface area contributed by atoms with Gasteiger partial charge in [-0.15, -0.1) is 0 Å². The van der Waals surface area contributed by atoms with E-state index in [1.165, 1.54) is 32.3 Å². The number of furan rings is 1. The summed E-state index contributed by atoms with van der Waals surface area (Å²) in [7, 11) is 0. The van der Waals surface area contributed by atoms with Crippen LogP contribution < -0.4 is 0 Å². The van der Waals surface area contributed by atoms with E-state index < -0.39 is 0 Å². The van der Waals surface area contributed by atoms with Crippen LogP contribution in [0.15, 0.2) is 132 Å². The molecular formula is C37H21N3O. The molecule has 0 bridgehead atoms. The zero-order chi connectivity index (χ0) is 26.9. The molecule has 0 amide bonds. The molecule has 7 aromatic carbocycles. The van der Waals surface area contributed by atoms with Gasteiger partial charge in [0.1, 0.15) is 11.2 Å². The average Bonchev–Trinajstić information content (AvgIpc) is 3.45. The third-order valence-electron chi connectivity index (χ3n) is 8.07. The van der Waals surface area contributed by atoms with Gasteiger partial charge in [-0.2, -0.15) is 0 Å². The number of rotatable bonds is 3. The van der Waals surface area contributed by atoms with Crippen molar-refractivity contribution >= 4 is 54.3 Å². The van der Waals surface area contributed by atoms with Crippen molar-refractivity contribution in [3.05, 3.63) is 127 Å². The summed E-state index contributed by atoms with van der Waals surface area (Å²) in [6.07, 6.45) is 0. The molecule has 9 rings (SSSR count). The van der Waals surface area contributed by atoms with Crippen LogP contribution in [0.5, 0.6) is 0 Å². The summed E-state index contributed by atoms with van der Waals surface area (Å²) in [4.78, 5) is 14.9. The average molecular weight is 524 g/mol. The van der Waals surface area contributed by atoms with Crippen molar-refractivity contribution in [1.29, 1.82) is 0 Å². The van der Waals surface area contributed by atoms with E-state index in [0.29, 0.717) is 17.5 Å². The lowest BCUT2D eigenvalue weighted by molar-refractivity contribution is 0.670. The minimum absolute atomic E-state index is 0.592. The van der Waals surface area contributed by atoms with Gasteiger partial charge in [0.25, 0.3) is 0 Å². The van der Waals surface area contributed by atoms with E-state index >= 15 is 0 Å². The summed E-state index contributed by atoms with van der Waals surface area (Å²) < 4.78 is 6.67. The Balaban J connectivity index is 1.39. The van der Waals surface area contributed by atoms with Crippen LogP contribution in [0.2, 0.25) is 0 Å². The van der Waals surface area contributed by atoms with Crippen molar-refractivity contribution in [1.82, 2.24) is 15.0 Å². The molecule has 0 unspecified atom stereocenters. The van der Waals surface area contributed by atoms with Gasteiger partial charge in [-0.25, -0.2) is 15.0 Å². The number of aromatic nitrogens is 3. The highest BCUT2D eigenvalue weighted by Crippen LogP contribution is 2.46. The molecule has 0 radical (unpaired) electrons. The van der Waals surface area contributed by atoms with Crippen LogP contribution >= 0.6 is 0 Å². The predicted octanol–water partition coefficient (Wildman–Crippen LogP) is 9.67. The SMILES string of the molecule is c1ccc(-c2nc(-c3ccccc3)nc(-c3ccc4c5ccc6ccccc6c5c5cccc6oc3c4c65)n2)cc1. The quantitative estimate of drug-likeness (QED) is 0.216. The van der Waals surface area contributed by atoms with Gasteiger partial charge in [0, 0.05) is 21.9 Å². The van der Waals surface area contributed by atoms with Crippen LogP contribution in [0.4, 0.5) is 0 Å². The van der Waals surface area contributed by atoms with Crippen molar-refractivity contribution < 1.29 is 4.42 Å². The molecular weight excluding hydrogens is 502 g/mol. The molecule has 9 aromatic rings. The Labute approximate surface area is 234 Å². The second kappa shape index (κ2) is 8.44. The van der Waals surface area contributed by atoms with Crippen LogP contribution in [0.1, 0.15) is 0 Å². The zero-order valence-electron chi connectivity index (χ0n) is 21.9. The molecule has 41 heavy (non-hydrogen) atoms. The van der Waals surface area contributed by atoms with Crippen LogP contribution in [0.3, 0.4) is 0 Å². The van der Waals surface area contributed by atoms with E-state index in [-0.39, 0.29) is 0 Å². The molecule has 0 aliphatic rings. The Bertz CT molecular complexity index is 2350. The van der Waals surface area contributed by atoms with Crippen molar-refractivity contribution in [2.75, 3.05) is 0 Å². The maximum Gasteiger partial charge on any atom is 0.167 e. The van der Waals surface area contributed by atoms with Crippen LogP contribution in [-0.2, 0) is 0 Å². The fourth-order valence-corrected chi connectivity index (χ4v) is 6.24. The third kappa shape index (κ3) is 3.25. The molecule has 2 aromatic heterocycles. The lowest BCUT2D eigenvalue weighted by Gasteiger charge is -2.12. The number of nitrogens with zero attached hydrogens (tertiary/aromatic N) is 3. The number of hydrogen-bond donors (Lipinski definition) is 0. The summed E-state index contributed by atoms with van der Waals surface area (Å²) in [5, 5.41) is 9.57. The van der Waals surface area contributed by atoms with Gasteiger partial charge in [-0.1, -0.05) is 115 Å². The summed E-state index contributed by atoms with van der Waals surface area (Å²) >= 11 is 0. The molecule has 0 N–H and O–H groups in total. The molecule has 0 aliphatic carbocycles. The first-order chi connectivity index (χ1) is 20.3. The van der Waals surface area contributed by atoms with Crippen molar-refractivity contribution in [3.8, 4) is 34.2 Å². The summed E-state index contributed by atoms with van der Waals surface area (Å²) in [6, 6.07) is 43.8. The maximum atomic E-state index is 6.67. The summed E-state index contributed by atoms with van der Waals surface area (Å²) in [6.45, 7) is 0. The highest BCUT2D eigenvalue weighted by Gasteiger charge is 2.23. The van der Waals surface area contributed by atoms with Crippen molar-refractivity contribution in [3.63, 3.8) is 0 Å². The Morgan fingerprint density at radius 1 is 0.390 bits per heavy atom. The second-order valence-corrected chi connectivity index (χ2v) is 10.4. The highest BCUT2D eigenvalue weighted by molar-refractivity contribution is 6.37. The van der Waals surface area contributed by atoms with Crippen LogP contribution in [0.25, 0.3) is 88.4 Å². The van der Waals surface area contributed by atoms with E-state index in [9.17, 15) is 0 Å². The lowest BCUT2D eigenvalue weighted by atomic mass is 9.90. The molecule has 0 aliphatic heterocycles. The van der Waals surface area contributed by atoms with Crippen molar-refractivity contribution in [2.45, 2.75) is 0 Å². The molecule has 0 spiro atoms. The highest BCUT2D eigenvalue weighted by atomic mass is 16.3. The smallest absolute Gasteiger partial charge is 0.167 e. The molecule has 0 saturated heterocycles. The molecule has 4 nitrogen and oxygen atoms in total. The lowest BCUT2D eigenvalue weighted by Crippen LogP contribution is -2.00. The monoisotopic (exact) mass is 523 g/mol. The topological polar surface area (TPSA) is 51.8 Å². The van der Waals surface area contributed by atoms with Gasteiger partial charge in [-0.3, -0.25) is 0 Å². The van der Waals surface area contributed by atoms with Gasteiger partial charge in [-0.05, 0) is 44.5 Å². The first-order valence-electron chi connectivity index (χ1n) is 13.7. The Hall–Kier alpha value is -5.61. The van der Waals surface area contributed by atoms with E-state index in [2.05, 4.69) is 66.7 Å². The van der Waals surface area contributed by atoms with E-state index in [1.54, 1.807) is 0 Å². The van der Waals surface area contributed by atoms with Gasteiger partial charge >= 0.3 is 0 Å². The van der Waals surface area contributed by atoms with E-state index in [0.717, 1.165) is 38.6 Å². The minimum Gasteiger partial charge on any atom is -0.455 e. The van der Waals surface area contributed by atoms with Gasteiger partial charge in [0.2, 0.25) is 0 Å². The normalized spacial score (nSPS) is 11.9. The van der Waals surface area contributed by atoms with E-state index in [1.807, 2.05) is 60.7 Å². The predicted molar refractivity (Wildman–Crippen MR) is 167 cm³/mol. The molecule has 0 atom stereocenters. The summed E-state index contributed by atoms with van der Waals surface area (Å²) in [5.74, 6) is 1.86. The minimum atomic E-state index is 0.592. The largest absolute Gasteiger partial charge is 0.455 e. The number of benzene rings is 7. The van der Waals surface area contributed by atoms with Crippen molar-refractivity contribution in [2.24, 2.45) is 0 Å². The maximum absolute atomic E-state index is 6.67. The number of fused-ring (bicyclic) bond motifs is 5. The first kappa shape index (κ1) is 22.2. The summed E-state index contributed by atoms with van der Waals surface area (Å²) in [5.41, 5.74) is 4.40. The molecule has 0 saturated carbocycles. The van der Waals surface area contributed by atoms with Gasteiger partial charge < -0.3 is 4.42 Å². The second-order valence-electron chi connectivity index (χ2n) is 10.4. The number of hydrogen-bond acceptors (Lipinski definition) is 4.